The Balaban J connectivity index is 1.89. The van der Waals surface area contributed by atoms with E-state index in [2.05, 4.69) is 6.26 Å². The van der Waals surface area contributed by atoms with Crippen molar-refractivity contribution in [2.24, 2.45) is 5.73 Å². The molecule has 0 aliphatic carbocycles. The Kier molecular flexibility index (Phi) is 2.49. The number of hydrogen-bond donors (Lipinski definition) is 1. The van der Waals surface area contributed by atoms with Crippen LogP contribution in [0.25, 0.3) is 0 Å². The van der Waals surface area contributed by atoms with Crippen LogP contribution >= 0.6 is 21.6 Å². The fraction of sp³-hybridized carbons (Fsp3) is 1.00. The molecule has 0 spiro atoms. The van der Waals surface area contributed by atoms with E-state index >= 15 is 0 Å². The molecule has 2 atom stereocenters. The van der Waals surface area contributed by atoms with Crippen LogP contribution in [-0.4, -0.2) is 24.3 Å². The SMILES string of the molecule is CSSCC1OC1N. The molecule has 1 fully saturated rings. The number of rotatable bonds is 3. The third kappa shape index (κ3) is 1.85. The van der Waals surface area contributed by atoms with Gasteiger partial charge < -0.3 is 10.5 Å². The topological polar surface area (TPSA) is 38.5 Å². The van der Waals surface area contributed by atoms with Crippen LogP contribution in [0.3, 0.4) is 0 Å². The summed E-state index contributed by atoms with van der Waals surface area (Å²) in [5.74, 6) is 1.03. The van der Waals surface area contributed by atoms with E-state index < -0.39 is 0 Å². The predicted octanol–water partition coefficient (Wildman–Crippen LogP) is 0.681. The molecule has 8 heavy (non-hydrogen) atoms. The first-order valence-electron chi connectivity index (χ1n) is 2.41. The van der Waals surface area contributed by atoms with E-state index in [4.69, 9.17) is 10.5 Å². The van der Waals surface area contributed by atoms with Crippen molar-refractivity contribution in [3.05, 3.63) is 0 Å². The van der Waals surface area contributed by atoms with Gasteiger partial charge in [0.25, 0.3) is 0 Å². The third-order valence-electron chi connectivity index (χ3n) is 0.972. The Morgan fingerprint density at radius 1 is 1.75 bits per heavy atom. The standard InChI is InChI=1S/C4H9NOS2/c1-7-8-2-3-4(5)6-3/h3-4H,2,5H2,1H3. The molecular formula is C4H9NOS2. The molecule has 0 bridgehead atoms. The van der Waals surface area contributed by atoms with Crippen LogP contribution in [0, 0.1) is 0 Å². The molecule has 1 aliphatic heterocycles. The van der Waals surface area contributed by atoms with Crippen molar-refractivity contribution in [1.82, 2.24) is 0 Å². The maximum absolute atomic E-state index is 5.36. The Morgan fingerprint density at radius 3 is 2.75 bits per heavy atom. The average molecular weight is 151 g/mol. The van der Waals surface area contributed by atoms with Gasteiger partial charge in [0.1, 0.15) is 12.3 Å². The van der Waals surface area contributed by atoms with Gasteiger partial charge >= 0.3 is 0 Å². The number of ether oxygens (including phenoxy) is 1. The highest BCUT2D eigenvalue weighted by atomic mass is 33.1. The van der Waals surface area contributed by atoms with Crippen LogP contribution in [0.5, 0.6) is 0 Å². The lowest BCUT2D eigenvalue weighted by Gasteiger charge is -1.87. The minimum atomic E-state index is 0.0367. The van der Waals surface area contributed by atoms with Crippen LogP contribution in [0.4, 0.5) is 0 Å². The molecule has 0 amide bonds. The van der Waals surface area contributed by atoms with Crippen molar-refractivity contribution in [3.63, 3.8) is 0 Å². The lowest BCUT2D eigenvalue weighted by molar-refractivity contribution is 0.385. The summed E-state index contributed by atoms with van der Waals surface area (Å²) >= 11 is 0. The molecular weight excluding hydrogens is 142 g/mol. The van der Waals surface area contributed by atoms with E-state index in [1.807, 2.05) is 0 Å². The summed E-state index contributed by atoms with van der Waals surface area (Å²) in [4.78, 5) is 0. The van der Waals surface area contributed by atoms with Gasteiger partial charge in [0, 0.05) is 5.75 Å². The van der Waals surface area contributed by atoms with Gasteiger partial charge in [-0.05, 0) is 6.26 Å². The second kappa shape index (κ2) is 2.96. The van der Waals surface area contributed by atoms with Gasteiger partial charge in [-0.1, -0.05) is 21.6 Å². The van der Waals surface area contributed by atoms with Gasteiger partial charge in [-0.25, -0.2) is 0 Å². The maximum atomic E-state index is 5.36. The van der Waals surface area contributed by atoms with Crippen molar-refractivity contribution in [2.75, 3.05) is 12.0 Å². The minimum Gasteiger partial charge on any atom is -0.353 e. The zero-order valence-electron chi connectivity index (χ0n) is 4.66. The summed E-state index contributed by atoms with van der Waals surface area (Å²) in [5.41, 5.74) is 5.36. The first kappa shape index (κ1) is 6.74. The highest BCUT2D eigenvalue weighted by Gasteiger charge is 2.34. The highest BCUT2D eigenvalue weighted by Crippen LogP contribution is 2.26. The first-order valence-corrected chi connectivity index (χ1v) is 5.14. The Bertz CT molecular complexity index is 80.4. The smallest absolute Gasteiger partial charge is 0.133 e. The molecule has 2 nitrogen and oxygen atoms in total. The van der Waals surface area contributed by atoms with Crippen molar-refractivity contribution < 1.29 is 4.74 Å². The molecule has 0 aromatic heterocycles. The predicted molar refractivity (Wildman–Crippen MR) is 38.8 cm³/mol. The van der Waals surface area contributed by atoms with E-state index in [0.29, 0.717) is 6.10 Å². The van der Waals surface area contributed by atoms with Crippen molar-refractivity contribution in [2.45, 2.75) is 12.3 Å². The molecule has 1 rings (SSSR count). The monoisotopic (exact) mass is 151 g/mol. The molecule has 0 aromatic carbocycles. The largest absolute Gasteiger partial charge is 0.353 e. The fourth-order valence-corrected chi connectivity index (χ4v) is 1.77. The summed E-state index contributed by atoms with van der Waals surface area (Å²) in [6, 6.07) is 0. The molecule has 4 heteroatoms. The normalized spacial score (nSPS) is 35.2. The molecule has 2 N–H and O–H groups in total. The molecule has 1 aliphatic rings. The van der Waals surface area contributed by atoms with Gasteiger partial charge in [0.15, 0.2) is 0 Å². The molecule has 48 valence electrons. The molecule has 0 saturated carbocycles. The van der Waals surface area contributed by atoms with Gasteiger partial charge in [0.05, 0.1) is 0 Å². The lowest BCUT2D eigenvalue weighted by Crippen LogP contribution is -2.06. The van der Waals surface area contributed by atoms with Gasteiger partial charge in [-0.2, -0.15) is 0 Å². The zero-order chi connectivity index (χ0) is 5.98. The van der Waals surface area contributed by atoms with E-state index in [9.17, 15) is 0 Å². The van der Waals surface area contributed by atoms with Crippen molar-refractivity contribution in [1.29, 1.82) is 0 Å². The van der Waals surface area contributed by atoms with Gasteiger partial charge in [-0.15, -0.1) is 0 Å². The van der Waals surface area contributed by atoms with E-state index in [1.54, 1.807) is 21.6 Å². The Labute approximate surface area is 56.9 Å². The van der Waals surface area contributed by atoms with Crippen LogP contribution in [0.1, 0.15) is 0 Å². The fourth-order valence-electron chi connectivity index (χ4n) is 0.426. The summed E-state index contributed by atoms with van der Waals surface area (Å²) < 4.78 is 4.96. The quantitative estimate of drug-likeness (QED) is 0.475. The highest BCUT2D eigenvalue weighted by molar-refractivity contribution is 8.76. The molecule has 0 aromatic rings. The van der Waals surface area contributed by atoms with Crippen LogP contribution in [-0.2, 0) is 4.74 Å². The lowest BCUT2D eigenvalue weighted by atomic mass is 10.5. The van der Waals surface area contributed by atoms with Crippen LogP contribution in [0.15, 0.2) is 0 Å². The van der Waals surface area contributed by atoms with Gasteiger partial charge in [-0.3, -0.25) is 0 Å². The summed E-state index contributed by atoms with van der Waals surface area (Å²) in [6.45, 7) is 0. The zero-order valence-corrected chi connectivity index (χ0v) is 6.30. The molecule has 1 heterocycles. The molecule has 0 radical (unpaired) electrons. The number of hydrogen-bond acceptors (Lipinski definition) is 4. The minimum absolute atomic E-state index is 0.0367. The summed E-state index contributed by atoms with van der Waals surface area (Å²) in [5, 5.41) is 0. The summed E-state index contributed by atoms with van der Waals surface area (Å²) in [6.07, 6.45) is 2.43. The second-order valence-electron chi connectivity index (χ2n) is 1.59. The summed E-state index contributed by atoms with van der Waals surface area (Å²) in [7, 11) is 3.55. The third-order valence-corrected chi connectivity index (χ3v) is 2.79. The van der Waals surface area contributed by atoms with E-state index in [1.165, 1.54) is 0 Å². The van der Waals surface area contributed by atoms with E-state index in [-0.39, 0.29) is 6.23 Å². The second-order valence-corrected chi connectivity index (χ2v) is 4.20. The molecule has 2 unspecified atom stereocenters. The Morgan fingerprint density at radius 2 is 2.38 bits per heavy atom. The van der Waals surface area contributed by atoms with Crippen LogP contribution in [0.2, 0.25) is 0 Å². The van der Waals surface area contributed by atoms with E-state index in [0.717, 1.165) is 5.75 Å². The average Bonchev–Trinajstić information content (AvgIpc) is 2.42. The first-order chi connectivity index (χ1) is 3.84. The number of nitrogens with two attached hydrogens (primary N) is 1. The van der Waals surface area contributed by atoms with Crippen molar-refractivity contribution >= 4 is 21.6 Å². The van der Waals surface area contributed by atoms with Gasteiger partial charge in [0.2, 0.25) is 0 Å². The maximum Gasteiger partial charge on any atom is 0.133 e. The Hall–Kier alpha value is 0.620. The number of epoxide rings is 1. The molecule has 1 saturated heterocycles. The van der Waals surface area contributed by atoms with Crippen LogP contribution < -0.4 is 5.73 Å². The van der Waals surface area contributed by atoms with Crippen molar-refractivity contribution in [3.8, 4) is 0 Å².